The predicted molar refractivity (Wildman–Crippen MR) is 59.6 cm³/mol. The van der Waals surface area contributed by atoms with E-state index >= 15 is 0 Å². The van der Waals surface area contributed by atoms with Crippen LogP contribution in [0.3, 0.4) is 0 Å². The summed E-state index contributed by atoms with van der Waals surface area (Å²) in [5, 5.41) is 0. The third-order valence-corrected chi connectivity index (χ3v) is 2.40. The Hall–Kier alpha value is -1.16. The summed E-state index contributed by atoms with van der Waals surface area (Å²) in [6.07, 6.45) is 0.462. The second kappa shape index (κ2) is 5.25. The average Bonchev–Trinajstić information content (AvgIpc) is 2.28. The molecule has 0 amide bonds. The number of benzene rings is 1. The van der Waals surface area contributed by atoms with Gasteiger partial charge in [-0.1, -0.05) is 13.8 Å². The summed E-state index contributed by atoms with van der Waals surface area (Å²) in [5.41, 5.74) is 6.14. The lowest BCUT2D eigenvalue weighted by Crippen LogP contribution is -2.34. The zero-order valence-corrected chi connectivity index (χ0v) is 9.81. The van der Waals surface area contributed by atoms with Crippen molar-refractivity contribution in [1.82, 2.24) is 0 Å². The van der Waals surface area contributed by atoms with Gasteiger partial charge in [0.25, 0.3) is 0 Å². The first-order valence-corrected chi connectivity index (χ1v) is 5.45. The quantitative estimate of drug-likeness (QED) is 0.742. The van der Waals surface area contributed by atoms with Crippen LogP contribution in [0, 0.1) is 18.6 Å². The highest BCUT2D eigenvalue weighted by Gasteiger charge is 2.23. The summed E-state index contributed by atoms with van der Waals surface area (Å²) in [6, 6.07) is 1.12. The standard InChI is InChI=1S/C10H11F2NO.C2H6/c1-5-8(11)3-6-2-7(13)4-14-10(6)9(5)12;1-2/h3,7H,2,4,13H2,1H3;1-2H3. The number of nitrogens with two attached hydrogens (primary N) is 1. The largest absolute Gasteiger partial charge is 0.489 e. The van der Waals surface area contributed by atoms with Crippen LogP contribution in [0.15, 0.2) is 6.07 Å². The van der Waals surface area contributed by atoms with Gasteiger partial charge in [-0.25, -0.2) is 8.78 Å². The molecule has 16 heavy (non-hydrogen) atoms. The molecule has 0 fully saturated rings. The van der Waals surface area contributed by atoms with Crippen LogP contribution in [-0.2, 0) is 6.42 Å². The molecular weight excluding hydrogens is 212 g/mol. The summed E-state index contributed by atoms with van der Waals surface area (Å²) >= 11 is 0. The third kappa shape index (κ3) is 2.32. The molecular formula is C12H17F2NO. The van der Waals surface area contributed by atoms with Crippen LogP contribution < -0.4 is 10.5 Å². The van der Waals surface area contributed by atoms with Crippen molar-refractivity contribution < 1.29 is 13.5 Å². The van der Waals surface area contributed by atoms with Gasteiger partial charge in [0.15, 0.2) is 11.6 Å². The minimum atomic E-state index is -0.605. The molecule has 0 radical (unpaired) electrons. The van der Waals surface area contributed by atoms with Crippen molar-refractivity contribution in [2.24, 2.45) is 5.73 Å². The van der Waals surface area contributed by atoms with Crippen molar-refractivity contribution in [2.75, 3.05) is 6.61 Å². The molecule has 1 aromatic carbocycles. The van der Waals surface area contributed by atoms with Crippen LogP contribution in [-0.4, -0.2) is 12.6 Å². The number of rotatable bonds is 0. The number of fused-ring (bicyclic) bond motifs is 1. The zero-order valence-electron chi connectivity index (χ0n) is 9.81. The molecule has 1 aromatic rings. The molecule has 1 aliphatic heterocycles. The Morgan fingerprint density at radius 2 is 2.00 bits per heavy atom. The van der Waals surface area contributed by atoms with Crippen LogP contribution in [0.5, 0.6) is 5.75 Å². The number of halogens is 2. The van der Waals surface area contributed by atoms with Crippen molar-refractivity contribution in [3.05, 3.63) is 28.8 Å². The fraction of sp³-hybridized carbons (Fsp3) is 0.500. The Balaban J connectivity index is 0.000000606. The van der Waals surface area contributed by atoms with E-state index in [1.165, 1.54) is 13.0 Å². The molecule has 0 spiro atoms. The second-order valence-electron chi connectivity index (χ2n) is 3.56. The summed E-state index contributed by atoms with van der Waals surface area (Å²) < 4.78 is 31.8. The Kier molecular flexibility index (Phi) is 4.24. The number of hydrogen-bond acceptors (Lipinski definition) is 2. The topological polar surface area (TPSA) is 35.2 Å². The molecule has 1 atom stereocenters. The van der Waals surface area contributed by atoms with E-state index in [0.29, 0.717) is 12.0 Å². The molecule has 1 unspecified atom stereocenters. The Labute approximate surface area is 94.4 Å². The lowest BCUT2D eigenvalue weighted by Gasteiger charge is -2.23. The molecule has 2 nitrogen and oxygen atoms in total. The van der Waals surface area contributed by atoms with Gasteiger partial charge in [0.1, 0.15) is 12.4 Å². The van der Waals surface area contributed by atoms with Gasteiger partial charge in [-0.3, -0.25) is 0 Å². The maximum absolute atomic E-state index is 13.5. The van der Waals surface area contributed by atoms with Crippen LogP contribution >= 0.6 is 0 Å². The van der Waals surface area contributed by atoms with Crippen molar-refractivity contribution in [1.29, 1.82) is 0 Å². The van der Waals surface area contributed by atoms with Crippen LogP contribution in [0.1, 0.15) is 25.0 Å². The van der Waals surface area contributed by atoms with Gasteiger partial charge in [-0.2, -0.15) is 0 Å². The highest BCUT2D eigenvalue weighted by molar-refractivity contribution is 5.41. The molecule has 0 saturated heterocycles. The van der Waals surface area contributed by atoms with E-state index in [4.69, 9.17) is 10.5 Å². The van der Waals surface area contributed by atoms with Crippen LogP contribution in [0.4, 0.5) is 8.78 Å². The molecule has 4 heteroatoms. The molecule has 2 rings (SSSR count). The van der Waals surface area contributed by atoms with E-state index in [1.54, 1.807) is 0 Å². The second-order valence-corrected chi connectivity index (χ2v) is 3.56. The molecule has 0 aliphatic carbocycles. The van der Waals surface area contributed by atoms with Gasteiger partial charge >= 0.3 is 0 Å². The van der Waals surface area contributed by atoms with Gasteiger partial charge in [0.05, 0.1) is 0 Å². The summed E-state index contributed by atoms with van der Waals surface area (Å²) in [4.78, 5) is 0. The lowest BCUT2D eigenvalue weighted by molar-refractivity contribution is 0.249. The van der Waals surface area contributed by atoms with Crippen molar-refractivity contribution >= 4 is 0 Å². The smallest absolute Gasteiger partial charge is 0.171 e. The van der Waals surface area contributed by atoms with Gasteiger partial charge in [0.2, 0.25) is 0 Å². The van der Waals surface area contributed by atoms with Crippen molar-refractivity contribution in [3.63, 3.8) is 0 Å². The minimum absolute atomic E-state index is 0.000721. The van der Waals surface area contributed by atoms with E-state index in [0.717, 1.165) is 0 Å². The molecule has 90 valence electrons. The minimum Gasteiger partial charge on any atom is -0.489 e. The number of hydrogen-bond donors (Lipinski definition) is 1. The fourth-order valence-electron chi connectivity index (χ4n) is 1.58. The van der Waals surface area contributed by atoms with Gasteiger partial charge in [0, 0.05) is 17.2 Å². The van der Waals surface area contributed by atoms with Gasteiger partial charge in [-0.05, 0) is 19.4 Å². The summed E-state index contributed by atoms with van der Waals surface area (Å²) in [7, 11) is 0. The maximum atomic E-state index is 13.5. The molecule has 0 bridgehead atoms. The monoisotopic (exact) mass is 229 g/mol. The van der Waals surface area contributed by atoms with E-state index in [1.807, 2.05) is 13.8 Å². The van der Waals surface area contributed by atoms with Crippen molar-refractivity contribution in [3.8, 4) is 5.75 Å². The van der Waals surface area contributed by atoms with E-state index in [2.05, 4.69) is 0 Å². The predicted octanol–water partition coefficient (Wildman–Crippen LogP) is 2.56. The molecule has 0 aromatic heterocycles. The normalized spacial score (nSPS) is 18.0. The molecule has 2 N–H and O–H groups in total. The summed E-state index contributed by atoms with van der Waals surface area (Å²) in [6.45, 7) is 5.68. The van der Waals surface area contributed by atoms with E-state index in [-0.39, 0.29) is 24.0 Å². The van der Waals surface area contributed by atoms with Crippen molar-refractivity contribution in [2.45, 2.75) is 33.2 Å². The Morgan fingerprint density at radius 1 is 1.38 bits per heavy atom. The average molecular weight is 229 g/mol. The molecule has 1 heterocycles. The molecule has 0 saturated carbocycles. The first kappa shape index (κ1) is 12.9. The molecule has 1 aliphatic rings. The highest BCUT2D eigenvalue weighted by atomic mass is 19.1. The Morgan fingerprint density at radius 3 is 2.62 bits per heavy atom. The fourth-order valence-corrected chi connectivity index (χ4v) is 1.58. The number of ether oxygens (including phenoxy) is 1. The van der Waals surface area contributed by atoms with E-state index < -0.39 is 11.6 Å². The Bertz CT molecular complexity index is 380. The zero-order chi connectivity index (χ0) is 12.3. The van der Waals surface area contributed by atoms with Crippen LogP contribution in [0.25, 0.3) is 0 Å². The maximum Gasteiger partial charge on any atom is 0.171 e. The lowest BCUT2D eigenvalue weighted by atomic mass is 10.0. The third-order valence-electron chi connectivity index (χ3n) is 2.40. The van der Waals surface area contributed by atoms with Gasteiger partial charge in [-0.15, -0.1) is 0 Å². The van der Waals surface area contributed by atoms with Gasteiger partial charge < -0.3 is 10.5 Å². The van der Waals surface area contributed by atoms with Crippen LogP contribution in [0.2, 0.25) is 0 Å². The highest BCUT2D eigenvalue weighted by Crippen LogP contribution is 2.31. The SMILES string of the molecule is CC.Cc1c(F)cc2c(c1F)OCC(N)C2. The summed E-state index contributed by atoms with van der Waals surface area (Å²) in [5.74, 6) is -0.989. The van der Waals surface area contributed by atoms with E-state index in [9.17, 15) is 8.78 Å². The first-order chi connectivity index (χ1) is 7.59. The first-order valence-electron chi connectivity index (χ1n) is 5.45.